The fourth-order valence-electron chi connectivity index (χ4n) is 4.52. The highest BCUT2D eigenvalue weighted by atomic mass is 19.1. The summed E-state index contributed by atoms with van der Waals surface area (Å²) in [4.78, 5) is 21.8. The Hall–Kier alpha value is -3.94. The van der Waals surface area contributed by atoms with E-state index in [0.717, 1.165) is 35.2 Å². The summed E-state index contributed by atoms with van der Waals surface area (Å²) < 4.78 is 39.1. The fourth-order valence-corrected chi connectivity index (χ4v) is 4.52. The molecule has 0 radical (unpaired) electrons. The zero-order valence-electron chi connectivity index (χ0n) is 19.7. The van der Waals surface area contributed by atoms with Crippen molar-refractivity contribution < 1.29 is 23.0 Å². The highest BCUT2D eigenvalue weighted by Crippen LogP contribution is 2.40. The molecule has 2 aliphatic heterocycles. The smallest absolute Gasteiger partial charge is 0.254 e. The van der Waals surface area contributed by atoms with E-state index in [1.165, 1.54) is 0 Å². The minimum absolute atomic E-state index is 0.00221. The molecule has 180 valence electrons. The van der Waals surface area contributed by atoms with Crippen LogP contribution in [-0.2, 0) is 0 Å². The lowest BCUT2D eigenvalue weighted by atomic mass is 10.1. The van der Waals surface area contributed by atoms with Crippen LogP contribution < -0.4 is 9.47 Å². The topological polar surface area (TPSA) is 54.4 Å². The molecule has 6 nitrogen and oxygen atoms in total. The molecule has 0 unspecified atom stereocenters. The summed E-state index contributed by atoms with van der Waals surface area (Å²) in [5.74, 6) is 0.787. The molecule has 35 heavy (non-hydrogen) atoms. The second-order valence-corrected chi connectivity index (χ2v) is 8.82. The van der Waals surface area contributed by atoms with Crippen molar-refractivity contribution in [3.8, 4) is 17.2 Å². The maximum absolute atomic E-state index is 13.7. The summed E-state index contributed by atoms with van der Waals surface area (Å²) in [5, 5.41) is 0. The number of methoxy groups -OCH3 is 1. The van der Waals surface area contributed by atoms with Crippen LogP contribution in [0.4, 0.5) is 14.5 Å². The molecular formula is C27H25F2N3O3. The molecule has 3 aromatic carbocycles. The Morgan fingerprint density at radius 3 is 2.51 bits per heavy atom. The molecule has 3 aromatic rings. The van der Waals surface area contributed by atoms with E-state index in [-0.39, 0.29) is 11.6 Å². The number of aliphatic imine (C=N–C) groups is 1. The SMILES string of the molecule is COc1ccc2c(c1)C(N1CCN(C(=O)c3cc(F)cc(F)c3)[C@@H](C)C1)=Nc1ccc(C)cc1O2. The van der Waals surface area contributed by atoms with Crippen LogP contribution >= 0.6 is 0 Å². The van der Waals surface area contributed by atoms with Crippen molar-refractivity contribution in [3.05, 3.63) is 82.9 Å². The number of ether oxygens (including phenoxy) is 2. The van der Waals surface area contributed by atoms with Gasteiger partial charge < -0.3 is 19.3 Å². The van der Waals surface area contributed by atoms with Gasteiger partial charge in [0, 0.05) is 37.3 Å². The number of rotatable bonds is 2. The first-order valence-electron chi connectivity index (χ1n) is 11.4. The second kappa shape index (κ2) is 9.02. The number of amidine groups is 1. The van der Waals surface area contributed by atoms with E-state index in [0.29, 0.717) is 42.6 Å². The number of fused-ring (bicyclic) bond motifs is 2. The predicted octanol–water partition coefficient (Wildman–Crippen LogP) is 5.31. The van der Waals surface area contributed by atoms with Gasteiger partial charge >= 0.3 is 0 Å². The first kappa shape index (κ1) is 22.8. The number of carbonyl (C=O) groups excluding carboxylic acids is 1. The van der Waals surface area contributed by atoms with Crippen molar-refractivity contribution >= 4 is 17.4 Å². The Morgan fingerprint density at radius 1 is 1.03 bits per heavy atom. The number of piperazine rings is 1. The minimum atomic E-state index is -0.771. The number of hydrogen-bond acceptors (Lipinski definition) is 5. The van der Waals surface area contributed by atoms with Crippen LogP contribution in [0.1, 0.15) is 28.4 Å². The summed E-state index contributed by atoms with van der Waals surface area (Å²) in [6.45, 7) is 5.26. The fraction of sp³-hybridized carbons (Fsp3) is 0.259. The number of benzene rings is 3. The number of halogens is 2. The van der Waals surface area contributed by atoms with Crippen molar-refractivity contribution in [1.82, 2.24) is 9.80 Å². The molecule has 1 atom stereocenters. The first-order valence-corrected chi connectivity index (χ1v) is 11.4. The van der Waals surface area contributed by atoms with Gasteiger partial charge in [-0.15, -0.1) is 0 Å². The minimum Gasteiger partial charge on any atom is -0.497 e. The van der Waals surface area contributed by atoms with Gasteiger partial charge in [0.25, 0.3) is 5.91 Å². The van der Waals surface area contributed by atoms with Gasteiger partial charge in [-0.25, -0.2) is 13.8 Å². The third-order valence-electron chi connectivity index (χ3n) is 6.29. The number of aryl methyl sites for hydroxylation is 1. The molecule has 2 heterocycles. The van der Waals surface area contributed by atoms with Crippen LogP contribution in [0, 0.1) is 18.6 Å². The van der Waals surface area contributed by atoms with Gasteiger partial charge in [0.1, 0.15) is 34.7 Å². The number of amides is 1. The Morgan fingerprint density at radius 2 is 1.80 bits per heavy atom. The van der Waals surface area contributed by atoms with E-state index in [1.807, 2.05) is 50.2 Å². The molecule has 0 aromatic heterocycles. The molecule has 0 N–H and O–H groups in total. The van der Waals surface area contributed by atoms with Crippen molar-refractivity contribution in [2.45, 2.75) is 19.9 Å². The average molecular weight is 478 g/mol. The molecular weight excluding hydrogens is 452 g/mol. The highest BCUT2D eigenvalue weighted by Gasteiger charge is 2.32. The molecule has 8 heteroatoms. The molecule has 0 saturated carbocycles. The van der Waals surface area contributed by atoms with Crippen molar-refractivity contribution in [2.75, 3.05) is 26.7 Å². The van der Waals surface area contributed by atoms with Gasteiger partial charge in [0.15, 0.2) is 5.75 Å². The second-order valence-electron chi connectivity index (χ2n) is 8.82. The molecule has 1 amide bonds. The summed E-state index contributed by atoms with van der Waals surface area (Å²) in [7, 11) is 1.61. The molecule has 0 bridgehead atoms. The van der Waals surface area contributed by atoms with Gasteiger partial charge in [-0.2, -0.15) is 0 Å². The van der Waals surface area contributed by atoms with Gasteiger partial charge in [-0.05, 0) is 61.9 Å². The van der Waals surface area contributed by atoms with E-state index < -0.39 is 17.5 Å². The highest BCUT2D eigenvalue weighted by molar-refractivity contribution is 6.04. The van der Waals surface area contributed by atoms with Crippen LogP contribution in [0.15, 0.2) is 59.6 Å². The molecule has 1 fully saturated rings. The van der Waals surface area contributed by atoms with Crippen molar-refractivity contribution in [3.63, 3.8) is 0 Å². The third-order valence-corrected chi connectivity index (χ3v) is 6.29. The van der Waals surface area contributed by atoms with Gasteiger partial charge in [-0.1, -0.05) is 6.07 Å². The lowest BCUT2D eigenvalue weighted by molar-refractivity contribution is 0.0580. The zero-order chi connectivity index (χ0) is 24.7. The first-order chi connectivity index (χ1) is 16.8. The van der Waals surface area contributed by atoms with E-state index >= 15 is 0 Å². The Bertz CT molecular complexity index is 1320. The van der Waals surface area contributed by atoms with Crippen LogP contribution in [0.5, 0.6) is 17.2 Å². The summed E-state index contributed by atoms with van der Waals surface area (Å²) in [6, 6.07) is 14.1. The molecule has 1 saturated heterocycles. The normalized spacial score (nSPS) is 17.1. The monoisotopic (exact) mass is 477 g/mol. The maximum atomic E-state index is 13.7. The Kier molecular flexibility index (Phi) is 5.88. The summed E-state index contributed by atoms with van der Waals surface area (Å²) >= 11 is 0. The van der Waals surface area contributed by atoms with E-state index in [4.69, 9.17) is 14.5 Å². The standard InChI is InChI=1S/C27H25F2N3O3/c1-16-4-6-23-25(10-16)35-24-7-5-21(34-3)14-22(24)26(30-23)31-8-9-32(17(2)15-31)27(33)18-11-19(28)13-20(29)12-18/h4-7,10-14,17H,8-9,15H2,1-3H3/t17-/m0/s1. The quantitative estimate of drug-likeness (QED) is 0.502. The zero-order valence-corrected chi connectivity index (χ0v) is 19.7. The van der Waals surface area contributed by atoms with Crippen LogP contribution in [0.25, 0.3) is 0 Å². The van der Waals surface area contributed by atoms with Crippen molar-refractivity contribution in [1.29, 1.82) is 0 Å². The number of nitrogens with zero attached hydrogens (tertiary/aromatic N) is 3. The van der Waals surface area contributed by atoms with Gasteiger partial charge in [0.05, 0.1) is 12.7 Å². The van der Waals surface area contributed by atoms with Crippen molar-refractivity contribution in [2.24, 2.45) is 4.99 Å². The summed E-state index contributed by atoms with van der Waals surface area (Å²) in [5.41, 5.74) is 2.56. The van der Waals surface area contributed by atoms with Gasteiger partial charge in [-0.3, -0.25) is 4.79 Å². The lowest BCUT2D eigenvalue weighted by Gasteiger charge is -2.41. The number of carbonyl (C=O) groups is 1. The predicted molar refractivity (Wildman–Crippen MR) is 129 cm³/mol. The Labute approximate surface area is 202 Å². The van der Waals surface area contributed by atoms with E-state index in [2.05, 4.69) is 4.90 Å². The molecule has 5 rings (SSSR count). The van der Waals surface area contributed by atoms with Crippen LogP contribution in [0.3, 0.4) is 0 Å². The summed E-state index contributed by atoms with van der Waals surface area (Å²) in [6.07, 6.45) is 0. The van der Waals surface area contributed by atoms with E-state index in [9.17, 15) is 13.6 Å². The maximum Gasteiger partial charge on any atom is 0.254 e. The van der Waals surface area contributed by atoms with Crippen LogP contribution in [0.2, 0.25) is 0 Å². The molecule has 0 aliphatic carbocycles. The van der Waals surface area contributed by atoms with E-state index in [1.54, 1.807) is 12.0 Å². The van der Waals surface area contributed by atoms with Gasteiger partial charge in [0.2, 0.25) is 0 Å². The van der Waals surface area contributed by atoms with Crippen LogP contribution in [-0.4, -0.2) is 54.3 Å². The lowest BCUT2D eigenvalue weighted by Crippen LogP contribution is -2.55. The average Bonchev–Trinajstić information content (AvgIpc) is 2.98. The third kappa shape index (κ3) is 4.43. The largest absolute Gasteiger partial charge is 0.497 e. The molecule has 0 spiro atoms. The molecule has 2 aliphatic rings. The Balaban J connectivity index is 1.47. The number of hydrogen-bond donors (Lipinski definition) is 0.